The standard InChI is InChI=1S/C11H4Cl5NO/c12-5-1-2-9(6(13)3-5)18-11-8(15)4-7(14)10(16)17-11/h1-4H. The van der Waals surface area contributed by atoms with Crippen LogP contribution < -0.4 is 4.74 Å². The number of pyridine rings is 1. The molecule has 0 saturated heterocycles. The molecule has 1 aromatic carbocycles. The van der Waals surface area contributed by atoms with E-state index in [0.717, 1.165) is 0 Å². The van der Waals surface area contributed by atoms with Gasteiger partial charge < -0.3 is 4.74 Å². The molecule has 0 N–H and O–H groups in total. The van der Waals surface area contributed by atoms with E-state index in [1.54, 1.807) is 18.2 Å². The Morgan fingerprint density at radius 1 is 0.833 bits per heavy atom. The molecule has 0 unspecified atom stereocenters. The summed E-state index contributed by atoms with van der Waals surface area (Å²) in [4.78, 5) is 3.92. The van der Waals surface area contributed by atoms with E-state index in [9.17, 15) is 0 Å². The fraction of sp³-hybridized carbons (Fsp3) is 0. The molecule has 2 rings (SSSR count). The Hall–Kier alpha value is -0.380. The van der Waals surface area contributed by atoms with Gasteiger partial charge in [-0.15, -0.1) is 0 Å². The van der Waals surface area contributed by atoms with Crippen LogP contribution >= 0.6 is 58.0 Å². The molecule has 0 aliphatic carbocycles. The number of halogens is 5. The van der Waals surface area contributed by atoms with Gasteiger partial charge in [0.05, 0.1) is 10.0 Å². The minimum atomic E-state index is 0.0983. The van der Waals surface area contributed by atoms with Crippen LogP contribution in [0.2, 0.25) is 25.2 Å². The Bertz CT molecular complexity index is 602. The highest BCUT2D eigenvalue weighted by Gasteiger charge is 2.12. The van der Waals surface area contributed by atoms with Crippen LogP contribution in [0.1, 0.15) is 0 Å². The van der Waals surface area contributed by atoms with E-state index >= 15 is 0 Å². The maximum Gasteiger partial charge on any atom is 0.239 e. The summed E-state index contributed by atoms with van der Waals surface area (Å²) < 4.78 is 5.45. The summed E-state index contributed by atoms with van der Waals surface area (Å²) in [5.74, 6) is 0.490. The van der Waals surface area contributed by atoms with Crippen LogP contribution in [0.3, 0.4) is 0 Å². The zero-order valence-corrected chi connectivity index (χ0v) is 12.3. The molecule has 18 heavy (non-hydrogen) atoms. The van der Waals surface area contributed by atoms with Crippen molar-refractivity contribution in [3.63, 3.8) is 0 Å². The van der Waals surface area contributed by atoms with Crippen molar-refractivity contribution in [1.82, 2.24) is 4.98 Å². The summed E-state index contributed by atoms with van der Waals surface area (Å²) in [6.45, 7) is 0. The van der Waals surface area contributed by atoms with E-state index < -0.39 is 0 Å². The van der Waals surface area contributed by atoms with Gasteiger partial charge in [-0.2, -0.15) is 4.98 Å². The lowest BCUT2D eigenvalue weighted by Crippen LogP contribution is -1.91. The van der Waals surface area contributed by atoms with E-state index in [-0.39, 0.29) is 21.1 Å². The van der Waals surface area contributed by atoms with Crippen LogP contribution in [0, 0.1) is 0 Å². The molecule has 0 atom stereocenters. The predicted molar refractivity (Wildman–Crippen MR) is 75.8 cm³/mol. The summed E-state index contributed by atoms with van der Waals surface area (Å²) in [5, 5.41) is 1.42. The Kier molecular flexibility index (Phi) is 4.46. The summed E-state index contributed by atoms with van der Waals surface area (Å²) in [6.07, 6.45) is 0. The fourth-order valence-corrected chi connectivity index (χ4v) is 2.14. The van der Waals surface area contributed by atoms with Crippen molar-refractivity contribution >= 4 is 58.0 Å². The molecular formula is C11H4Cl5NO. The van der Waals surface area contributed by atoms with Gasteiger partial charge in [-0.1, -0.05) is 58.0 Å². The molecule has 0 saturated carbocycles. The Balaban J connectivity index is 2.37. The van der Waals surface area contributed by atoms with E-state index in [0.29, 0.717) is 15.8 Å². The molecule has 0 bridgehead atoms. The molecule has 0 fully saturated rings. The molecule has 0 aliphatic rings. The van der Waals surface area contributed by atoms with Crippen molar-refractivity contribution in [2.75, 3.05) is 0 Å². The Morgan fingerprint density at radius 3 is 2.22 bits per heavy atom. The number of aromatic nitrogens is 1. The fourth-order valence-electron chi connectivity index (χ4n) is 1.16. The summed E-state index contributed by atoms with van der Waals surface area (Å²) in [6, 6.07) is 6.22. The minimum absolute atomic E-state index is 0.0983. The molecule has 0 aliphatic heterocycles. The maximum atomic E-state index is 5.96. The van der Waals surface area contributed by atoms with Crippen molar-refractivity contribution in [1.29, 1.82) is 0 Å². The number of nitrogens with zero attached hydrogens (tertiary/aromatic N) is 1. The summed E-state index contributed by atoms with van der Waals surface area (Å²) in [5.41, 5.74) is 0. The molecule has 2 nitrogen and oxygen atoms in total. The van der Waals surface area contributed by atoms with Gasteiger partial charge >= 0.3 is 0 Å². The average Bonchev–Trinajstić information content (AvgIpc) is 2.29. The lowest BCUT2D eigenvalue weighted by Gasteiger charge is -2.09. The molecule has 2 aromatic rings. The highest BCUT2D eigenvalue weighted by molar-refractivity contribution is 6.42. The SMILES string of the molecule is Clc1ccc(Oc2nc(Cl)c(Cl)cc2Cl)c(Cl)c1. The molecular weight excluding hydrogens is 339 g/mol. The van der Waals surface area contributed by atoms with E-state index in [2.05, 4.69) is 4.98 Å². The first-order valence-electron chi connectivity index (χ1n) is 4.62. The zero-order chi connectivity index (χ0) is 13.3. The first-order chi connectivity index (χ1) is 8.47. The Morgan fingerprint density at radius 2 is 1.56 bits per heavy atom. The summed E-state index contributed by atoms with van der Waals surface area (Å²) in [7, 11) is 0. The van der Waals surface area contributed by atoms with E-state index in [1.807, 2.05) is 0 Å². The molecule has 1 aromatic heterocycles. The van der Waals surface area contributed by atoms with Gasteiger partial charge in [-0.25, -0.2) is 0 Å². The lowest BCUT2D eigenvalue weighted by molar-refractivity contribution is 0.463. The molecule has 0 amide bonds. The van der Waals surface area contributed by atoms with Gasteiger partial charge in [0.1, 0.15) is 10.8 Å². The number of hydrogen-bond acceptors (Lipinski definition) is 2. The zero-order valence-electron chi connectivity index (χ0n) is 8.55. The topological polar surface area (TPSA) is 22.1 Å². The summed E-state index contributed by atoms with van der Waals surface area (Å²) >= 11 is 29.2. The molecule has 94 valence electrons. The smallest absolute Gasteiger partial charge is 0.239 e. The van der Waals surface area contributed by atoms with Crippen LogP contribution in [-0.4, -0.2) is 4.98 Å². The van der Waals surface area contributed by atoms with Crippen molar-refractivity contribution in [2.24, 2.45) is 0 Å². The minimum Gasteiger partial charge on any atom is -0.436 e. The monoisotopic (exact) mass is 341 g/mol. The molecule has 0 radical (unpaired) electrons. The highest BCUT2D eigenvalue weighted by Crippen LogP contribution is 2.36. The van der Waals surface area contributed by atoms with Gasteiger partial charge in [0.15, 0.2) is 5.15 Å². The number of ether oxygens (including phenoxy) is 1. The van der Waals surface area contributed by atoms with Gasteiger partial charge in [0.2, 0.25) is 5.88 Å². The van der Waals surface area contributed by atoms with Crippen LogP contribution in [0.5, 0.6) is 11.6 Å². The second-order valence-corrected chi connectivity index (χ2v) is 5.24. The van der Waals surface area contributed by atoms with Crippen LogP contribution in [0.25, 0.3) is 0 Å². The average molecular weight is 343 g/mol. The third kappa shape index (κ3) is 3.14. The normalized spacial score (nSPS) is 10.5. The third-order valence-electron chi connectivity index (χ3n) is 1.96. The van der Waals surface area contributed by atoms with Gasteiger partial charge in [-0.3, -0.25) is 0 Å². The first-order valence-corrected chi connectivity index (χ1v) is 6.51. The lowest BCUT2D eigenvalue weighted by atomic mass is 10.3. The third-order valence-corrected chi connectivity index (χ3v) is 3.43. The van der Waals surface area contributed by atoms with Crippen molar-refractivity contribution in [2.45, 2.75) is 0 Å². The van der Waals surface area contributed by atoms with Crippen molar-refractivity contribution in [3.05, 3.63) is 49.5 Å². The van der Waals surface area contributed by atoms with Crippen LogP contribution in [-0.2, 0) is 0 Å². The van der Waals surface area contributed by atoms with Crippen LogP contribution in [0.4, 0.5) is 0 Å². The van der Waals surface area contributed by atoms with E-state index in [4.69, 9.17) is 62.7 Å². The predicted octanol–water partition coefficient (Wildman–Crippen LogP) is 6.14. The van der Waals surface area contributed by atoms with E-state index in [1.165, 1.54) is 6.07 Å². The Labute approximate surface area is 128 Å². The number of hydrogen-bond donors (Lipinski definition) is 0. The number of benzene rings is 1. The molecule has 0 spiro atoms. The van der Waals surface area contributed by atoms with Crippen molar-refractivity contribution in [3.8, 4) is 11.6 Å². The second-order valence-electron chi connectivity index (χ2n) is 3.22. The second kappa shape index (κ2) is 5.72. The maximum absolute atomic E-state index is 5.96. The molecule has 1 heterocycles. The van der Waals surface area contributed by atoms with Gasteiger partial charge in [0.25, 0.3) is 0 Å². The largest absolute Gasteiger partial charge is 0.436 e. The highest BCUT2D eigenvalue weighted by atomic mass is 35.5. The first kappa shape index (κ1) is 14.0. The van der Waals surface area contributed by atoms with Crippen molar-refractivity contribution < 1.29 is 4.74 Å². The molecule has 7 heteroatoms. The van der Waals surface area contributed by atoms with Gasteiger partial charge in [0, 0.05) is 5.02 Å². The number of rotatable bonds is 2. The quantitative estimate of drug-likeness (QED) is 0.611. The van der Waals surface area contributed by atoms with Gasteiger partial charge in [-0.05, 0) is 24.3 Å². The van der Waals surface area contributed by atoms with Crippen LogP contribution in [0.15, 0.2) is 24.3 Å².